The first-order chi connectivity index (χ1) is 9.93. The zero-order chi connectivity index (χ0) is 15.5. The Kier molecular flexibility index (Phi) is 5.00. The number of aromatic carboxylic acids is 1. The molecule has 0 unspecified atom stereocenters. The summed E-state index contributed by atoms with van der Waals surface area (Å²) < 4.78 is 26.8. The lowest BCUT2D eigenvalue weighted by molar-refractivity contribution is 0.0696. The number of rotatable bonds is 3. The molecule has 1 N–H and O–H groups in total. The molecule has 0 saturated carbocycles. The molecule has 1 aliphatic rings. The van der Waals surface area contributed by atoms with Crippen molar-refractivity contribution < 1.29 is 18.3 Å². The number of benzene rings is 1. The van der Waals surface area contributed by atoms with Crippen LogP contribution >= 0.6 is 0 Å². The summed E-state index contributed by atoms with van der Waals surface area (Å²) in [5.41, 5.74) is 0.609. The van der Waals surface area contributed by atoms with Gasteiger partial charge < -0.3 is 5.11 Å². The Labute approximate surface area is 125 Å². The number of nitrogens with zero attached hydrogens (tertiary/aromatic N) is 1. The van der Waals surface area contributed by atoms with Crippen molar-refractivity contribution in [3.63, 3.8) is 0 Å². The van der Waals surface area contributed by atoms with E-state index >= 15 is 0 Å². The fourth-order valence-electron chi connectivity index (χ4n) is 2.60. The smallest absolute Gasteiger partial charge is 0.335 e. The number of carboxylic acids is 1. The number of sulfonamides is 1. The Morgan fingerprint density at radius 1 is 1.10 bits per heavy atom. The van der Waals surface area contributed by atoms with Crippen molar-refractivity contribution in [1.82, 2.24) is 4.31 Å². The summed E-state index contributed by atoms with van der Waals surface area (Å²) in [6, 6.07) is 4.32. The van der Waals surface area contributed by atoms with Crippen molar-refractivity contribution in [2.24, 2.45) is 0 Å². The molecule has 1 aromatic rings. The highest BCUT2D eigenvalue weighted by Crippen LogP contribution is 2.22. The minimum Gasteiger partial charge on any atom is -0.478 e. The Bertz CT molecular complexity index is 617. The predicted octanol–water partition coefficient (Wildman–Crippen LogP) is 2.65. The Morgan fingerprint density at radius 2 is 1.67 bits per heavy atom. The lowest BCUT2D eigenvalue weighted by Crippen LogP contribution is -2.34. The number of hydrogen-bond acceptors (Lipinski definition) is 3. The molecule has 21 heavy (non-hydrogen) atoms. The van der Waals surface area contributed by atoms with Crippen LogP contribution in [0, 0.1) is 6.92 Å². The third kappa shape index (κ3) is 3.63. The van der Waals surface area contributed by atoms with Crippen LogP contribution in [0.4, 0.5) is 0 Å². The van der Waals surface area contributed by atoms with Gasteiger partial charge in [0.1, 0.15) is 0 Å². The van der Waals surface area contributed by atoms with Gasteiger partial charge in [-0.1, -0.05) is 25.3 Å². The van der Waals surface area contributed by atoms with Gasteiger partial charge in [-0.25, -0.2) is 13.2 Å². The van der Waals surface area contributed by atoms with Crippen LogP contribution in [0.3, 0.4) is 0 Å². The Hall–Kier alpha value is -1.40. The van der Waals surface area contributed by atoms with Gasteiger partial charge in [0.25, 0.3) is 0 Å². The second-order valence-electron chi connectivity index (χ2n) is 5.45. The molecule has 0 bridgehead atoms. The third-order valence-electron chi connectivity index (χ3n) is 3.89. The van der Waals surface area contributed by atoms with Crippen LogP contribution in [0.1, 0.15) is 48.0 Å². The van der Waals surface area contributed by atoms with E-state index in [1.807, 2.05) is 0 Å². The van der Waals surface area contributed by atoms with Crippen LogP contribution in [0.5, 0.6) is 0 Å². The summed E-state index contributed by atoms with van der Waals surface area (Å²) in [4.78, 5) is 11.2. The standard InChI is InChI=1S/C15H21NO4S/c1-12-7-8-13(11-14(12)15(17)18)21(19,20)16-9-5-3-2-4-6-10-16/h7-8,11H,2-6,9-10H2,1H3,(H,17,18). The first kappa shape index (κ1) is 16.0. The van der Waals surface area contributed by atoms with E-state index in [0.717, 1.165) is 32.1 Å². The van der Waals surface area contributed by atoms with Crippen LogP contribution in [0.15, 0.2) is 23.1 Å². The molecule has 6 heteroatoms. The minimum absolute atomic E-state index is 0.0446. The first-order valence-electron chi connectivity index (χ1n) is 7.27. The molecule has 0 atom stereocenters. The number of aryl methyl sites for hydroxylation is 1. The maximum Gasteiger partial charge on any atom is 0.335 e. The van der Waals surface area contributed by atoms with Crippen molar-refractivity contribution >= 4 is 16.0 Å². The van der Waals surface area contributed by atoms with E-state index in [9.17, 15) is 13.2 Å². The fraction of sp³-hybridized carbons (Fsp3) is 0.533. The molecular formula is C15H21NO4S. The molecule has 2 rings (SSSR count). The quantitative estimate of drug-likeness (QED) is 0.931. The van der Waals surface area contributed by atoms with Gasteiger partial charge >= 0.3 is 5.97 Å². The van der Waals surface area contributed by atoms with Gasteiger partial charge in [-0.15, -0.1) is 0 Å². The first-order valence-corrected chi connectivity index (χ1v) is 8.71. The molecule has 1 fully saturated rings. The Morgan fingerprint density at radius 3 is 2.24 bits per heavy atom. The van der Waals surface area contributed by atoms with E-state index < -0.39 is 16.0 Å². The highest BCUT2D eigenvalue weighted by molar-refractivity contribution is 7.89. The lowest BCUT2D eigenvalue weighted by Gasteiger charge is -2.24. The van der Waals surface area contributed by atoms with Crippen molar-refractivity contribution in [3.8, 4) is 0 Å². The van der Waals surface area contributed by atoms with Crippen molar-refractivity contribution in [2.75, 3.05) is 13.1 Å². The van der Waals surface area contributed by atoms with Gasteiger partial charge in [-0.3, -0.25) is 0 Å². The minimum atomic E-state index is -3.60. The maximum atomic E-state index is 12.7. The average molecular weight is 311 g/mol. The zero-order valence-corrected chi connectivity index (χ0v) is 13.0. The molecule has 1 aliphatic heterocycles. The summed E-state index contributed by atoms with van der Waals surface area (Å²) in [6.45, 7) is 2.69. The molecule has 116 valence electrons. The summed E-state index contributed by atoms with van der Waals surface area (Å²) in [5, 5.41) is 9.14. The van der Waals surface area contributed by atoms with Gasteiger partial charge in [0, 0.05) is 13.1 Å². The molecule has 1 heterocycles. The molecule has 1 saturated heterocycles. The SMILES string of the molecule is Cc1ccc(S(=O)(=O)N2CCCCCCC2)cc1C(=O)O. The van der Waals surface area contributed by atoms with E-state index in [-0.39, 0.29) is 10.5 Å². The second kappa shape index (κ2) is 6.58. The van der Waals surface area contributed by atoms with Gasteiger partial charge in [0.15, 0.2) is 0 Å². The van der Waals surface area contributed by atoms with Crippen LogP contribution in [-0.4, -0.2) is 36.9 Å². The number of carboxylic acid groups (broad SMARTS) is 1. The number of carbonyl (C=O) groups is 1. The van der Waals surface area contributed by atoms with Crippen LogP contribution in [-0.2, 0) is 10.0 Å². The van der Waals surface area contributed by atoms with E-state index in [1.165, 1.54) is 16.4 Å². The van der Waals surface area contributed by atoms with Gasteiger partial charge in [-0.05, 0) is 37.5 Å². The molecule has 0 aliphatic carbocycles. The van der Waals surface area contributed by atoms with Crippen molar-refractivity contribution in [2.45, 2.75) is 43.9 Å². The number of hydrogen-bond donors (Lipinski definition) is 1. The summed E-state index contributed by atoms with van der Waals surface area (Å²) >= 11 is 0. The van der Waals surface area contributed by atoms with E-state index in [0.29, 0.717) is 18.7 Å². The molecule has 0 radical (unpaired) electrons. The van der Waals surface area contributed by atoms with Crippen LogP contribution in [0.2, 0.25) is 0 Å². The summed E-state index contributed by atoms with van der Waals surface area (Å²) in [7, 11) is -3.60. The topological polar surface area (TPSA) is 74.7 Å². The Balaban J connectivity index is 2.34. The summed E-state index contributed by atoms with van der Waals surface area (Å²) in [6.07, 6.45) is 4.95. The average Bonchev–Trinajstić information content (AvgIpc) is 2.37. The lowest BCUT2D eigenvalue weighted by atomic mass is 10.1. The van der Waals surface area contributed by atoms with E-state index in [2.05, 4.69) is 0 Å². The van der Waals surface area contributed by atoms with Crippen molar-refractivity contribution in [1.29, 1.82) is 0 Å². The van der Waals surface area contributed by atoms with Gasteiger partial charge in [0.05, 0.1) is 10.5 Å². The van der Waals surface area contributed by atoms with Crippen LogP contribution in [0.25, 0.3) is 0 Å². The third-order valence-corrected chi connectivity index (χ3v) is 5.79. The second-order valence-corrected chi connectivity index (χ2v) is 7.39. The van der Waals surface area contributed by atoms with Crippen LogP contribution < -0.4 is 0 Å². The van der Waals surface area contributed by atoms with Gasteiger partial charge in [-0.2, -0.15) is 4.31 Å². The highest BCUT2D eigenvalue weighted by Gasteiger charge is 2.25. The zero-order valence-electron chi connectivity index (χ0n) is 12.2. The summed E-state index contributed by atoms with van der Waals surface area (Å²) in [5.74, 6) is -1.10. The normalized spacial score (nSPS) is 18.0. The fourth-order valence-corrected chi connectivity index (χ4v) is 4.14. The van der Waals surface area contributed by atoms with E-state index in [4.69, 9.17) is 5.11 Å². The predicted molar refractivity (Wildman–Crippen MR) is 80.0 cm³/mol. The molecule has 5 nitrogen and oxygen atoms in total. The molecule has 0 aromatic heterocycles. The molecule has 0 amide bonds. The van der Waals surface area contributed by atoms with Crippen molar-refractivity contribution in [3.05, 3.63) is 29.3 Å². The molecule has 0 spiro atoms. The molecular weight excluding hydrogens is 290 g/mol. The molecule has 1 aromatic carbocycles. The van der Waals surface area contributed by atoms with Gasteiger partial charge in [0.2, 0.25) is 10.0 Å². The largest absolute Gasteiger partial charge is 0.478 e. The monoisotopic (exact) mass is 311 g/mol. The maximum absolute atomic E-state index is 12.7. The highest BCUT2D eigenvalue weighted by atomic mass is 32.2. The van der Waals surface area contributed by atoms with E-state index in [1.54, 1.807) is 13.0 Å².